The van der Waals surface area contributed by atoms with Crippen molar-refractivity contribution in [2.45, 2.75) is 58.0 Å². The monoisotopic (exact) mass is 383 g/mol. The van der Waals surface area contributed by atoms with E-state index in [9.17, 15) is 5.26 Å². The van der Waals surface area contributed by atoms with Gasteiger partial charge in [0.25, 0.3) is 0 Å². The maximum absolute atomic E-state index is 9.29. The second-order valence-electron chi connectivity index (χ2n) is 7.90. The Bertz CT molecular complexity index is 831. The molecule has 150 valence electrons. The van der Waals surface area contributed by atoms with Crippen molar-refractivity contribution in [2.75, 3.05) is 19.0 Å². The van der Waals surface area contributed by atoms with E-state index < -0.39 is 5.54 Å². The van der Waals surface area contributed by atoms with E-state index in [0.29, 0.717) is 30.4 Å². The van der Waals surface area contributed by atoms with Crippen molar-refractivity contribution in [1.82, 2.24) is 25.1 Å². The molecule has 0 aliphatic heterocycles. The molecule has 1 aliphatic carbocycles. The van der Waals surface area contributed by atoms with Crippen LogP contribution in [0.2, 0.25) is 0 Å². The molecule has 0 aromatic carbocycles. The Hall–Kier alpha value is -2.66. The van der Waals surface area contributed by atoms with E-state index in [0.717, 1.165) is 11.4 Å². The molecule has 2 aromatic heterocycles. The van der Waals surface area contributed by atoms with E-state index in [1.165, 1.54) is 25.7 Å². The van der Waals surface area contributed by atoms with Crippen molar-refractivity contribution in [2.24, 2.45) is 5.92 Å². The summed E-state index contributed by atoms with van der Waals surface area (Å²) in [4.78, 5) is 8.73. The number of aromatic nitrogens is 4. The van der Waals surface area contributed by atoms with Crippen molar-refractivity contribution in [3.8, 4) is 11.9 Å². The number of aryl methyl sites for hydroxylation is 1. The van der Waals surface area contributed by atoms with Crippen LogP contribution in [0.1, 0.15) is 45.2 Å². The van der Waals surface area contributed by atoms with Gasteiger partial charge in [-0.2, -0.15) is 15.3 Å². The summed E-state index contributed by atoms with van der Waals surface area (Å²) < 4.78 is 7.57. The van der Waals surface area contributed by atoms with Gasteiger partial charge in [0.1, 0.15) is 5.54 Å². The number of ether oxygens (including phenoxy) is 1. The molecule has 1 fully saturated rings. The highest BCUT2D eigenvalue weighted by Gasteiger charge is 2.22. The quantitative estimate of drug-likeness (QED) is 0.757. The molecular weight excluding hydrogens is 354 g/mol. The topological polar surface area (TPSA) is 101 Å². The summed E-state index contributed by atoms with van der Waals surface area (Å²) in [7, 11) is 2.03. The largest absolute Gasteiger partial charge is 0.477 e. The molecule has 0 bridgehead atoms. The molecule has 1 saturated carbocycles. The fourth-order valence-electron chi connectivity index (χ4n) is 3.34. The van der Waals surface area contributed by atoms with Crippen molar-refractivity contribution in [1.29, 1.82) is 5.26 Å². The first kappa shape index (κ1) is 20.1. The maximum atomic E-state index is 9.29. The first-order valence-electron chi connectivity index (χ1n) is 9.79. The van der Waals surface area contributed by atoms with Crippen LogP contribution in [0.15, 0.2) is 18.5 Å². The molecule has 0 unspecified atom stereocenters. The zero-order valence-electron chi connectivity index (χ0n) is 17.1. The Labute approximate surface area is 166 Å². The van der Waals surface area contributed by atoms with Crippen LogP contribution in [0, 0.1) is 24.2 Å². The summed E-state index contributed by atoms with van der Waals surface area (Å²) in [5.74, 6) is 1.59. The lowest BCUT2D eigenvalue weighted by Crippen LogP contribution is -2.31. The van der Waals surface area contributed by atoms with Gasteiger partial charge in [0, 0.05) is 18.3 Å². The standard InChI is InChI=1S/C20H29N7O/c1-14-17(11-27(26-14)20(2,3)13-21)24-19-23-10-9-18(25-19)28-12-15-5-7-16(22-4)8-6-15/h9-11,15-16,22H,5-8,12H2,1-4H3,(H,23,24,25). The van der Waals surface area contributed by atoms with Gasteiger partial charge in [-0.3, -0.25) is 4.68 Å². The summed E-state index contributed by atoms with van der Waals surface area (Å²) in [5.41, 5.74) is 0.827. The van der Waals surface area contributed by atoms with Gasteiger partial charge in [-0.1, -0.05) is 0 Å². The molecule has 0 saturated heterocycles. The lowest BCUT2D eigenvalue weighted by molar-refractivity contribution is 0.189. The first-order valence-corrected chi connectivity index (χ1v) is 9.79. The molecule has 0 amide bonds. The maximum Gasteiger partial charge on any atom is 0.230 e. The van der Waals surface area contributed by atoms with Gasteiger partial charge in [0.05, 0.1) is 30.3 Å². The Morgan fingerprint density at radius 1 is 1.32 bits per heavy atom. The minimum absolute atomic E-state index is 0.453. The third-order valence-corrected chi connectivity index (χ3v) is 5.34. The molecular formula is C20H29N7O. The minimum Gasteiger partial charge on any atom is -0.477 e. The zero-order chi connectivity index (χ0) is 20.1. The number of nitriles is 1. The molecule has 8 nitrogen and oxygen atoms in total. The van der Waals surface area contributed by atoms with Crippen molar-refractivity contribution in [3.05, 3.63) is 24.2 Å². The number of nitrogens with zero attached hydrogens (tertiary/aromatic N) is 5. The summed E-state index contributed by atoms with van der Waals surface area (Å²) in [6, 6.07) is 4.66. The molecule has 0 radical (unpaired) electrons. The fourth-order valence-corrected chi connectivity index (χ4v) is 3.34. The Kier molecular flexibility index (Phi) is 6.15. The molecule has 1 aliphatic rings. The van der Waals surface area contributed by atoms with Crippen LogP contribution in [-0.2, 0) is 5.54 Å². The molecule has 28 heavy (non-hydrogen) atoms. The van der Waals surface area contributed by atoms with Crippen LogP contribution in [-0.4, -0.2) is 39.4 Å². The van der Waals surface area contributed by atoms with Crippen LogP contribution in [0.3, 0.4) is 0 Å². The number of anilines is 2. The number of hydrogen-bond acceptors (Lipinski definition) is 7. The highest BCUT2D eigenvalue weighted by Crippen LogP contribution is 2.26. The van der Waals surface area contributed by atoms with E-state index in [-0.39, 0.29) is 0 Å². The molecule has 0 atom stereocenters. The zero-order valence-corrected chi connectivity index (χ0v) is 17.1. The predicted molar refractivity (Wildman–Crippen MR) is 108 cm³/mol. The molecule has 8 heteroatoms. The number of nitrogens with one attached hydrogen (secondary N) is 2. The Morgan fingerprint density at radius 3 is 2.75 bits per heavy atom. The molecule has 3 rings (SSSR count). The number of rotatable bonds is 7. The van der Waals surface area contributed by atoms with Gasteiger partial charge in [0.15, 0.2) is 0 Å². The van der Waals surface area contributed by atoms with Crippen molar-refractivity contribution < 1.29 is 4.74 Å². The van der Waals surface area contributed by atoms with Crippen molar-refractivity contribution >= 4 is 11.6 Å². The van der Waals surface area contributed by atoms with Crippen LogP contribution in [0.25, 0.3) is 0 Å². The summed E-state index contributed by atoms with van der Waals surface area (Å²) in [5, 5.41) is 20.2. The van der Waals surface area contributed by atoms with Crippen LogP contribution in [0.4, 0.5) is 11.6 Å². The van der Waals surface area contributed by atoms with E-state index in [1.807, 2.05) is 27.8 Å². The average Bonchev–Trinajstić information content (AvgIpc) is 3.08. The minimum atomic E-state index is -0.719. The van der Waals surface area contributed by atoms with Gasteiger partial charge < -0.3 is 15.4 Å². The lowest BCUT2D eigenvalue weighted by Gasteiger charge is -2.27. The third-order valence-electron chi connectivity index (χ3n) is 5.34. The van der Waals surface area contributed by atoms with Crippen LogP contribution in [0.5, 0.6) is 5.88 Å². The van der Waals surface area contributed by atoms with Gasteiger partial charge >= 0.3 is 0 Å². The number of hydrogen-bond donors (Lipinski definition) is 2. The van der Waals surface area contributed by atoms with Gasteiger partial charge in [-0.25, -0.2) is 4.98 Å². The predicted octanol–water partition coefficient (Wildman–Crippen LogP) is 3.14. The third kappa shape index (κ3) is 4.78. The SMILES string of the molecule is CNC1CCC(COc2ccnc(Nc3cn(C(C)(C)C#N)nc3C)n2)CC1. The highest BCUT2D eigenvalue weighted by molar-refractivity contribution is 5.55. The summed E-state index contributed by atoms with van der Waals surface area (Å²) >= 11 is 0. The molecule has 0 spiro atoms. The van der Waals surface area contributed by atoms with E-state index in [2.05, 4.69) is 31.8 Å². The Morgan fingerprint density at radius 2 is 2.07 bits per heavy atom. The lowest BCUT2D eigenvalue weighted by atomic mass is 9.87. The van der Waals surface area contributed by atoms with E-state index in [1.54, 1.807) is 23.1 Å². The highest BCUT2D eigenvalue weighted by atomic mass is 16.5. The second-order valence-corrected chi connectivity index (χ2v) is 7.90. The van der Waals surface area contributed by atoms with Gasteiger partial charge in [-0.15, -0.1) is 0 Å². The van der Waals surface area contributed by atoms with Gasteiger partial charge in [-0.05, 0) is 59.4 Å². The summed E-state index contributed by atoms with van der Waals surface area (Å²) in [6.45, 7) is 6.20. The average molecular weight is 384 g/mol. The normalized spacial score (nSPS) is 19.8. The van der Waals surface area contributed by atoms with Gasteiger partial charge in [0.2, 0.25) is 11.8 Å². The molecule has 2 aromatic rings. The molecule has 2 N–H and O–H groups in total. The van der Waals surface area contributed by atoms with Crippen LogP contribution < -0.4 is 15.4 Å². The smallest absolute Gasteiger partial charge is 0.230 e. The van der Waals surface area contributed by atoms with E-state index in [4.69, 9.17) is 4.74 Å². The summed E-state index contributed by atoms with van der Waals surface area (Å²) in [6.07, 6.45) is 8.23. The molecule has 2 heterocycles. The second kappa shape index (κ2) is 8.57. The van der Waals surface area contributed by atoms with Crippen LogP contribution >= 0.6 is 0 Å². The Balaban J connectivity index is 1.60. The first-order chi connectivity index (χ1) is 13.4. The fraction of sp³-hybridized carbons (Fsp3) is 0.600. The van der Waals surface area contributed by atoms with Crippen molar-refractivity contribution in [3.63, 3.8) is 0 Å². The van der Waals surface area contributed by atoms with E-state index >= 15 is 0 Å².